The highest BCUT2D eigenvalue weighted by atomic mass is 16.5. The van der Waals surface area contributed by atoms with E-state index in [1.165, 1.54) is 0 Å². The summed E-state index contributed by atoms with van der Waals surface area (Å²) in [6.45, 7) is 3.51. The number of hydrogen-bond donors (Lipinski definition) is 0. The van der Waals surface area contributed by atoms with Crippen molar-refractivity contribution in [1.82, 2.24) is 9.80 Å². The lowest BCUT2D eigenvalue weighted by molar-refractivity contribution is -0.145. The number of rotatable bonds is 3. The molecule has 0 saturated carbocycles. The topological polar surface area (TPSA) is 76.2 Å². The normalized spacial score (nSPS) is 22.1. The molecular formula is C21H26N2O5. The molecule has 2 fully saturated rings. The zero-order valence-corrected chi connectivity index (χ0v) is 16.4. The van der Waals surface area contributed by atoms with Crippen molar-refractivity contribution in [2.45, 2.75) is 50.7 Å². The molecule has 150 valence electrons. The Hall–Kier alpha value is -2.57. The van der Waals surface area contributed by atoms with Gasteiger partial charge in [-0.1, -0.05) is 0 Å². The predicted octanol–water partition coefficient (Wildman–Crippen LogP) is 2.03. The number of nitrogens with zero attached hydrogens (tertiary/aromatic N) is 2. The van der Waals surface area contributed by atoms with Crippen LogP contribution in [0, 0.1) is 0 Å². The van der Waals surface area contributed by atoms with Gasteiger partial charge in [0.15, 0.2) is 5.78 Å². The van der Waals surface area contributed by atoms with Gasteiger partial charge in [0.05, 0.1) is 19.1 Å². The van der Waals surface area contributed by atoms with E-state index < -0.39 is 11.6 Å². The van der Waals surface area contributed by atoms with Crippen molar-refractivity contribution in [1.29, 1.82) is 0 Å². The summed E-state index contributed by atoms with van der Waals surface area (Å²) in [4.78, 5) is 40.9. The average molecular weight is 386 g/mol. The van der Waals surface area contributed by atoms with Gasteiger partial charge >= 0.3 is 0 Å². The summed E-state index contributed by atoms with van der Waals surface area (Å²) in [7, 11) is 1.58. The van der Waals surface area contributed by atoms with Gasteiger partial charge in [-0.25, -0.2) is 0 Å². The first-order chi connectivity index (χ1) is 13.4. The Balaban J connectivity index is 1.44. The fourth-order valence-electron chi connectivity index (χ4n) is 4.49. The van der Waals surface area contributed by atoms with Gasteiger partial charge in [-0.2, -0.15) is 0 Å². The molecule has 2 amide bonds. The maximum absolute atomic E-state index is 12.9. The molecule has 0 aliphatic carbocycles. The number of hydrogen-bond acceptors (Lipinski definition) is 5. The van der Waals surface area contributed by atoms with Gasteiger partial charge in [0.2, 0.25) is 11.8 Å². The number of ether oxygens (including phenoxy) is 2. The third-order valence-corrected chi connectivity index (χ3v) is 6.22. The number of piperidine rings is 1. The maximum Gasteiger partial charge on any atom is 0.245 e. The average Bonchev–Trinajstić information content (AvgIpc) is 3.12. The number of Topliss-reactive ketones (excluding diaryl/α,β-unsaturated/α-hetero) is 1. The summed E-state index contributed by atoms with van der Waals surface area (Å²) in [5.74, 6) is 1.32. The number of methoxy groups -OCH3 is 1. The predicted molar refractivity (Wildman–Crippen MR) is 102 cm³/mol. The molecule has 0 N–H and O–H groups in total. The van der Waals surface area contributed by atoms with Crippen molar-refractivity contribution in [3.8, 4) is 11.5 Å². The standard InChI is InChI=1S/C21H26N2O5/c1-14(23-9-3-4-19(23)25)20(26)22-10-7-21(8-11-22)13-17(24)16-6-5-15(27-2)12-18(16)28-21/h5-6,12,14H,3-4,7-11,13H2,1-2H3. The van der Waals surface area contributed by atoms with Crippen LogP contribution in [0.3, 0.4) is 0 Å². The molecule has 7 nitrogen and oxygen atoms in total. The highest BCUT2D eigenvalue weighted by Gasteiger charge is 2.44. The first-order valence-electron chi connectivity index (χ1n) is 9.91. The second-order valence-electron chi connectivity index (χ2n) is 7.94. The van der Waals surface area contributed by atoms with E-state index in [0.29, 0.717) is 62.4 Å². The Bertz CT molecular complexity index is 813. The van der Waals surface area contributed by atoms with E-state index in [1.807, 2.05) is 0 Å². The van der Waals surface area contributed by atoms with E-state index in [4.69, 9.17) is 9.47 Å². The number of ketones is 1. The molecule has 0 bridgehead atoms. The van der Waals surface area contributed by atoms with E-state index in [9.17, 15) is 14.4 Å². The van der Waals surface area contributed by atoms with Crippen molar-refractivity contribution < 1.29 is 23.9 Å². The van der Waals surface area contributed by atoms with Crippen molar-refractivity contribution >= 4 is 17.6 Å². The zero-order valence-electron chi connectivity index (χ0n) is 16.4. The molecule has 2 saturated heterocycles. The Morgan fingerprint density at radius 2 is 1.96 bits per heavy atom. The second kappa shape index (κ2) is 7.11. The van der Waals surface area contributed by atoms with Gasteiger partial charge in [0.1, 0.15) is 23.1 Å². The number of likely N-dealkylation sites (tertiary alicyclic amines) is 2. The zero-order chi connectivity index (χ0) is 19.9. The second-order valence-corrected chi connectivity index (χ2v) is 7.94. The summed E-state index contributed by atoms with van der Waals surface area (Å²) >= 11 is 0. The Kier molecular flexibility index (Phi) is 4.77. The minimum absolute atomic E-state index is 0.0192. The van der Waals surface area contributed by atoms with Crippen LogP contribution in [0.5, 0.6) is 11.5 Å². The molecule has 0 radical (unpaired) electrons. The van der Waals surface area contributed by atoms with E-state index in [-0.39, 0.29) is 17.6 Å². The van der Waals surface area contributed by atoms with Gasteiger partial charge in [-0.3, -0.25) is 14.4 Å². The Morgan fingerprint density at radius 1 is 1.21 bits per heavy atom. The summed E-state index contributed by atoms with van der Waals surface area (Å²) in [5.41, 5.74) is 0.0195. The van der Waals surface area contributed by atoms with Crippen LogP contribution in [-0.2, 0) is 9.59 Å². The number of carbonyl (C=O) groups excluding carboxylic acids is 3. The lowest BCUT2D eigenvalue weighted by Crippen LogP contribution is -2.55. The molecule has 1 unspecified atom stereocenters. The van der Waals surface area contributed by atoms with Gasteiger partial charge < -0.3 is 19.3 Å². The van der Waals surface area contributed by atoms with Gasteiger partial charge in [-0.05, 0) is 25.5 Å². The number of amides is 2. The Labute approximate surface area is 164 Å². The van der Waals surface area contributed by atoms with Crippen LogP contribution >= 0.6 is 0 Å². The van der Waals surface area contributed by atoms with Gasteiger partial charge in [0, 0.05) is 45.0 Å². The minimum atomic E-state index is -0.570. The van der Waals surface area contributed by atoms with Crippen molar-refractivity contribution in [3.05, 3.63) is 23.8 Å². The summed E-state index contributed by atoms with van der Waals surface area (Å²) in [6, 6.07) is 4.84. The quantitative estimate of drug-likeness (QED) is 0.795. The number of fused-ring (bicyclic) bond motifs is 1. The van der Waals surface area contributed by atoms with Crippen LogP contribution in [-0.4, -0.2) is 65.8 Å². The molecule has 4 rings (SSSR count). The van der Waals surface area contributed by atoms with Crippen molar-refractivity contribution in [3.63, 3.8) is 0 Å². The van der Waals surface area contributed by atoms with E-state index in [2.05, 4.69) is 0 Å². The smallest absolute Gasteiger partial charge is 0.245 e. The molecule has 7 heteroatoms. The molecule has 1 atom stereocenters. The fraction of sp³-hybridized carbons (Fsp3) is 0.571. The summed E-state index contributed by atoms with van der Waals surface area (Å²) in [5, 5.41) is 0. The van der Waals surface area contributed by atoms with Crippen LogP contribution in [0.4, 0.5) is 0 Å². The molecule has 3 heterocycles. The van der Waals surface area contributed by atoms with Crippen LogP contribution < -0.4 is 9.47 Å². The molecule has 3 aliphatic rings. The van der Waals surface area contributed by atoms with E-state index >= 15 is 0 Å². The van der Waals surface area contributed by atoms with Crippen LogP contribution in [0.2, 0.25) is 0 Å². The van der Waals surface area contributed by atoms with E-state index in [1.54, 1.807) is 42.0 Å². The van der Waals surface area contributed by atoms with Crippen LogP contribution in [0.25, 0.3) is 0 Å². The SMILES string of the molecule is COc1ccc2c(c1)OC1(CCN(C(=O)C(C)N3CCCC3=O)CC1)CC2=O. The van der Waals surface area contributed by atoms with Crippen molar-refractivity contribution in [2.24, 2.45) is 0 Å². The number of benzene rings is 1. The number of carbonyl (C=O) groups is 3. The highest BCUT2D eigenvalue weighted by molar-refractivity contribution is 6.00. The lowest BCUT2D eigenvalue weighted by Gasteiger charge is -2.44. The van der Waals surface area contributed by atoms with Gasteiger partial charge in [-0.15, -0.1) is 0 Å². The van der Waals surface area contributed by atoms with Crippen molar-refractivity contribution in [2.75, 3.05) is 26.7 Å². The monoisotopic (exact) mass is 386 g/mol. The maximum atomic E-state index is 12.9. The van der Waals surface area contributed by atoms with Crippen LogP contribution in [0.1, 0.15) is 49.4 Å². The minimum Gasteiger partial charge on any atom is -0.497 e. The van der Waals surface area contributed by atoms with Crippen LogP contribution in [0.15, 0.2) is 18.2 Å². The Morgan fingerprint density at radius 3 is 2.61 bits per heavy atom. The largest absolute Gasteiger partial charge is 0.497 e. The molecule has 3 aliphatic heterocycles. The molecule has 28 heavy (non-hydrogen) atoms. The summed E-state index contributed by atoms with van der Waals surface area (Å²) < 4.78 is 11.5. The molecule has 0 aromatic heterocycles. The van der Waals surface area contributed by atoms with E-state index in [0.717, 1.165) is 6.42 Å². The highest BCUT2D eigenvalue weighted by Crippen LogP contribution is 2.40. The molecular weight excluding hydrogens is 360 g/mol. The lowest BCUT2D eigenvalue weighted by atomic mass is 9.82. The fourth-order valence-corrected chi connectivity index (χ4v) is 4.49. The van der Waals surface area contributed by atoms with Gasteiger partial charge in [0.25, 0.3) is 0 Å². The first kappa shape index (κ1) is 18.8. The molecule has 1 spiro atoms. The summed E-state index contributed by atoms with van der Waals surface area (Å²) in [6.07, 6.45) is 2.87. The molecule has 1 aromatic rings. The molecule has 1 aromatic carbocycles. The first-order valence-corrected chi connectivity index (χ1v) is 9.91. The third-order valence-electron chi connectivity index (χ3n) is 6.22. The third kappa shape index (κ3) is 3.23.